The van der Waals surface area contributed by atoms with Crippen LogP contribution in [0.3, 0.4) is 0 Å². The van der Waals surface area contributed by atoms with E-state index in [-0.39, 0.29) is 23.6 Å². The van der Waals surface area contributed by atoms with Crippen LogP contribution in [0.25, 0.3) is 0 Å². The number of hydrogen-bond donors (Lipinski definition) is 0. The first-order valence-corrected chi connectivity index (χ1v) is 8.85. The highest BCUT2D eigenvalue weighted by Gasteiger charge is 2.35. The second-order valence-corrected chi connectivity index (χ2v) is 7.96. The van der Waals surface area contributed by atoms with E-state index in [0.29, 0.717) is 10.9 Å². The van der Waals surface area contributed by atoms with Crippen LogP contribution in [0.4, 0.5) is 4.39 Å². The molecular weight excluding hydrogens is 361 g/mol. The van der Waals surface area contributed by atoms with Gasteiger partial charge in [0.05, 0.1) is 23.6 Å². The summed E-state index contributed by atoms with van der Waals surface area (Å²) in [5.74, 6) is 0.976. The third kappa shape index (κ3) is 3.63. The maximum atomic E-state index is 13.9. The number of nitrogens with zero attached hydrogens (tertiary/aromatic N) is 1. The van der Waals surface area contributed by atoms with Gasteiger partial charge in [-0.1, -0.05) is 21.9 Å². The van der Waals surface area contributed by atoms with Gasteiger partial charge in [-0.2, -0.15) is 0 Å². The zero-order valence-electron chi connectivity index (χ0n) is 11.1. The first-order chi connectivity index (χ1) is 9.84. The van der Waals surface area contributed by atoms with Crippen molar-refractivity contribution < 1.29 is 17.6 Å². The van der Waals surface area contributed by atoms with Gasteiger partial charge in [0.25, 0.3) is 5.91 Å². The van der Waals surface area contributed by atoms with E-state index in [9.17, 15) is 17.6 Å². The van der Waals surface area contributed by atoms with Crippen molar-refractivity contribution in [3.8, 4) is 12.3 Å². The zero-order valence-corrected chi connectivity index (χ0v) is 13.5. The Morgan fingerprint density at radius 3 is 2.76 bits per heavy atom. The van der Waals surface area contributed by atoms with Crippen molar-refractivity contribution in [2.45, 2.75) is 12.5 Å². The van der Waals surface area contributed by atoms with E-state index in [4.69, 9.17) is 6.42 Å². The summed E-state index contributed by atoms with van der Waals surface area (Å²) in [4.78, 5) is 13.7. The molecule has 0 saturated carbocycles. The molecule has 1 aromatic rings. The number of terminal acetylenes is 1. The maximum Gasteiger partial charge on any atom is 0.257 e. The highest BCUT2D eigenvalue weighted by atomic mass is 79.9. The zero-order chi connectivity index (χ0) is 15.6. The van der Waals surface area contributed by atoms with E-state index in [2.05, 4.69) is 21.9 Å². The van der Waals surface area contributed by atoms with Crippen molar-refractivity contribution in [1.82, 2.24) is 4.90 Å². The molecule has 1 aliphatic rings. The fourth-order valence-electron chi connectivity index (χ4n) is 2.30. The number of hydrogen-bond acceptors (Lipinski definition) is 3. The Labute approximate surface area is 131 Å². The Bertz CT molecular complexity index is 711. The average Bonchev–Trinajstić information content (AvgIpc) is 2.75. The molecule has 2 rings (SSSR count). The second kappa shape index (κ2) is 6.16. The van der Waals surface area contributed by atoms with Gasteiger partial charge < -0.3 is 4.90 Å². The van der Waals surface area contributed by atoms with Crippen LogP contribution >= 0.6 is 15.9 Å². The van der Waals surface area contributed by atoms with Crippen molar-refractivity contribution in [2.24, 2.45) is 0 Å². The lowest BCUT2D eigenvalue weighted by Gasteiger charge is -2.26. The van der Waals surface area contributed by atoms with Gasteiger partial charge in [-0.25, -0.2) is 12.8 Å². The summed E-state index contributed by atoms with van der Waals surface area (Å²) < 4.78 is 37.5. The summed E-state index contributed by atoms with van der Waals surface area (Å²) in [6.07, 6.45) is 5.58. The van der Waals surface area contributed by atoms with Gasteiger partial charge in [-0.15, -0.1) is 6.42 Å². The summed E-state index contributed by atoms with van der Waals surface area (Å²) in [6.45, 7) is -0.0471. The van der Waals surface area contributed by atoms with Crippen LogP contribution in [0.5, 0.6) is 0 Å². The number of amides is 1. The molecule has 1 aliphatic heterocycles. The van der Waals surface area contributed by atoms with E-state index in [1.54, 1.807) is 6.07 Å². The van der Waals surface area contributed by atoms with Crippen LogP contribution in [0.1, 0.15) is 16.8 Å². The maximum absolute atomic E-state index is 13.9. The van der Waals surface area contributed by atoms with E-state index in [1.807, 2.05) is 0 Å². The molecule has 0 aromatic heterocycles. The van der Waals surface area contributed by atoms with Crippen molar-refractivity contribution in [3.05, 3.63) is 34.1 Å². The monoisotopic (exact) mass is 373 g/mol. The first-order valence-electron chi connectivity index (χ1n) is 6.24. The summed E-state index contributed by atoms with van der Waals surface area (Å²) >= 11 is 3.12. The molecule has 1 heterocycles. The van der Waals surface area contributed by atoms with Gasteiger partial charge in [0, 0.05) is 10.5 Å². The van der Waals surface area contributed by atoms with Gasteiger partial charge in [0.2, 0.25) is 0 Å². The minimum atomic E-state index is -3.16. The average molecular weight is 374 g/mol. The molecule has 0 radical (unpaired) electrons. The molecule has 4 nitrogen and oxygen atoms in total. The molecule has 0 aliphatic carbocycles. The SMILES string of the molecule is C#CCN(C(=O)c1ccc(Br)cc1F)C1CCS(=O)(=O)C1. The fourth-order valence-corrected chi connectivity index (χ4v) is 4.37. The fraction of sp³-hybridized carbons (Fsp3) is 0.357. The summed E-state index contributed by atoms with van der Waals surface area (Å²) in [5.41, 5.74) is -0.113. The highest BCUT2D eigenvalue weighted by Crippen LogP contribution is 2.22. The number of benzene rings is 1. The van der Waals surface area contributed by atoms with Crippen LogP contribution < -0.4 is 0 Å². The van der Waals surface area contributed by atoms with Crippen molar-refractivity contribution >= 4 is 31.7 Å². The van der Waals surface area contributed by atoms with Gasteiger partial charge in [-0.05, 0) is 24.6 Å². The van der Waals surface area contributed by atoms with Crippen LogP contribution in [-0.2, 0) is 9.84 Å². The summed E-state index contributed by atoms with van der Waals surface area (Å²) in [5, 5.41) is 0. The molecule has 1 amide bonds. The molecule has 1 atom stereocenters. The Morgan fingerprint density at radius 1 is 1.52 bits per heavy atom. The highest BCUT2D eigenvalue weighted by molar-refractivity contribution is 9.10. The molecule has 0 spiro atoms. The summed E-state index contributed by atoms with van der Waals surface area (Å²) in [6, 6.07) is 3.60. The molecule has 1 fully saturated rings. The van der Waals surface area contributed by atoms with E-state index < -0.39 is 27.6 Å². The van der Waals surface area contributed by atoms with E-state index >= 15 is 0 Å². The molecule has 21 heavy (non-hydrogen) atoms. The quantitative estimate of drug-likeness (QED) is 0.759. The third-order valence-corrected chi connectivity index (χ3v) is 5.58. The normalized spacial score (nSPS) is 20.0. The molecule has 7 heteroatoms. The van der Waals surface area contributed by atoms with E-state index in [1.165, 1.54) is 17.0 Å². The molecule has 112 valence electrons. The van der Waals surface area contributed by atoms with Crippen LogP contribution in [0.15, 0.2) is 22.7 Å². The number of carbonyl (C=O) groups excluding carboxylic acids is 1. The van der Waals surface area contributed by atoms with Crippen LogP contribution in [0.2, 0.25) is 0 Å². The molecular formula is C14H13BrFNO3S. The van der Waals surface area contributed by atoms with E-state index in [0.717, 1.165) is 0 Å². The van der Waals surface area contributed by atoms with Crippen molar-refractivity contribution in [1.29, 1.82) is 0 Å². The minimum Gasteiger partial charge on any atom is -0.323 e. The lowest BCUT2D eigenvalue weighted by Crippen LogP contribution is -2.41. The summed E-state index contributed by atoms with van der Waals surface area (Å²) in [7, 11) is -3.16. The van der Waals surface area contributed by atoms with Gasteiger partial charge in [0.1, 0.15) is 5.82 Å². The molecule has 0 N–H and O–H groups in total. The smallest absolute Gasteiger partial charge is 0.257 e. The van der Waals surface area contributed by atoms with Crippen molar-refractivity contribution in [3.63, 3.8) is 0 Å². The number of carbonyl (C=O) groups is 1. The predicted molar refractivity (Wildman–Crippen MR) is 81.0 cm³/mol. The van der Waals surface area contributed by atoms with Gasteiger partial charge >= 0.3 is 0 Å². The van der Waals surface area contributed by atoms with Crippen LogP contribution in [0, 0.1) is 18.2 Å². The number of sulfone groups is 1. The third-order valence-electron chi connectivity index (χ3n) is 3.33. The topological polar surface area (TPSA) is 54.5 Å². The first kappa shape index (κ1) is 16.0. The Morgan fingerprint density at radius 2 is 2.24 bits per heavy atom. The van der Waals surface area contributed by atoms with Gasteiger partial charge in [-0.3, -0.25) is 4.79 Å². The Balaban J connectivity index is 2.30. The lowest BCUT2D eigenvalue weighted by atomic mass is 10.1. The Hall–Kier alpha value is -1.39. The minimum absolute atomic E-state index is 0.0227. The Kier molecular flexibility index (Phi) is 4.69. The molecule has 1 aromatic carbocycles. The molecule has 1 unspecified atom stereocenters. The lowest BCUT2D eigenvalue weighted by molar-refractivity contribution is 0.0719. The molecule has 1 saturated heterocycles. The number of rotatable bonds is 3. The predicted octanol–water partition coefficient (Wildman–Crippen LogP) is 1.85. The standard InChI is InChI=1S/C14H13BrFNO3S/c1-2-6-17(11-5-7-21(19,20)9-11)14(18)12-4-3-10(15)8-13(12)16/h1,3-4,8,11H,5-7,9H2. The molecule has 0 bridgehead atoms. The second-order valence-electron chi connectivity index (χ2n) is 4.82. The van der Waals surface area contributed by atoms with Gasteiger partial charge in [0.15, 0.2) is 9.84 Å². The van der Waals surface area contributed by atoms with Crippen LogP contribution in [-0.4, -0.2) is 43.3 Å². The largest absolute Gasteiger partial charge is 0.323 e. The number of halogens is 2. The van der Waals surface area contributed by atoms with Crippen molar-refractivity contribution in [2.75, 3.05) is 18.1 Å².